The van der Waals surface area contributed by atoms with Crippen molar-refractivity contribution in [1.29, 1.82) is 0 Å². The fraction of sp³-hybridized carbons (Fsp3) is 0.444. The first-order valence-electron chi connectivity index (χ1n) is 8.33. The van der Waals surface area contributed by atoms with Crippen molar-refractivity contribution in [2.45, 2.75) is 6.92 Å². The predicted octanol–water partition coefficient (Wildman–Crippen LogP) is 1.47. The molecule has 0 N–H and O–H groups in total. The molecule has 0 atom stereocenters. The SMILES string of the molecule is COCC[O][Al][O]CCOC.COc1cc(C=O)ccc1-n1cnc(C)c1.[Na]. The molecule has 0 fully saturated rings. The van der Waals surface area contributed by atoms with Gasteiger partial charge in [0.2, 0.25) is 0 Å². The van der Waals surface area contributed by atoms with E-state index in [0.29, 0.717) is 37.7 Å². The fourth-order valence-electron chi connectivity index (χ4n) is 1.94. The second-order valence-corrected chi connectivity index (χ2v) is 6.15. The number of carbonyl (C=O) groups excluding carboxylic acids is 1. The topological polar surface area (TPSA) is 81.0 Å². The van der Waals surface area contributed by atoms with Gasteiger partial charge in [-0.15, -0.1) is 0 Å². The summed E-state index contributed by atoms with van der Waals surface area (Å²) in [5, 5.41) is 0. The summed E-state index contributed by atoms with van der Waals surface area (Å²) < 4.78 is 26.9. The number of hydrogen-bond acceptors (Lipinski definition) is 7. The van der Waals surface area contributed by atoms with Crippen molar-refractivity contribution in [1.82, 2.24) is 9.55 Å². The van der Waals surface area contributed by atoms with E-state index in [2.05, 4.69) is 4.98 Å². The number of benzene rings is 1. The molecular weight excluding hydrogens is 390 g/mol. The summed E-state index contributed by atoms with van der Waals surface area (Å²) in [6, 6.07) is 5.29. The van der Waals surface area contributed by atoms with Crippen molar-refractivity contribution in [3.8, 4) is 11.4 Å². The number of methoxy groups -OCH3 is 3. The predicted molar refractivity (Wildman–Crippen MR) is 107 cm³/mol. The summed E-state index contributed by atoms with van der Waals surface area (Å²) in [5.41, 5.74) is 2.40. The fourth-order valence-corrected chi connectivity index (χ4v) is 2.42. The molecule has 1 heterocycles. The number of aldehydes is 1. The van der Waals surface area contributed by atoms with Gasteiger partial charge in [-0.25, -0.2) is 4.98 Å². The molecule has 0 bridgehead atoms. The third-order valence-electron chi connectivity index (χ3n) is 3.28. The summed E-state index contributed by atoms with van der Waals surface area (Å²) in [6.07, 6.45) is 4.41. The third-order valence-corrected chi connectivity index (χ3v) is 4.02. The molecule has 2 aromatic rings. The van der Waals surface area contributed by atoms with Crippen LogP contribution >= 0.6 is 0 Å². The van der Waals surface area contributed by atoms with E-state index in [1.165, 1.54) is 0 Å². The maximum Gasteiger partial charge on any atom is 0.668 e. The molecule has 0 saturated heterocycles. The average Bonchev–Trinajstić information content (AvgIpc) is 3.13. The molecule has 0 unspecified atom stereocenters. The second-order valence-electron chi connectivity index (χ2n) is 5.29. The standard InChI is InChI=1S/C12H12N2O2.2C3H7O2.Al.Na/c1-9-6-14(8-13-9)11-4-3-10(7-15)5-12(11)16-2;2*1-5-3-2-4;;/h3-8H,1-2H3;2*2-3H2,1H3;;/q;2*-1;+2;. The Morgan fingerprint density at radius 3 is 2.18 bits per heavy atom. The first kappa shape index (κ1) is 27.3. The van der Waals surface area contributed by atoms with Gasteiger partial charge in [-0.05, 0) is 25.1 Å². The number of imidazole rings is 1. The molecule has 1 aromatic heterocycles. The van der Waals surface area contributed by atoms with Crippen LogP contribution < -0.4 is 4.74 Å². The molecule has 8 nitrogen and oxygen atoms in total. The van der Waals surface area contributed by atoms with Crippen LogP contribution in [0.15, 0.2) is 30.7 Å². The molecular formula is C18H26AlN2NaO6. The number of hydrogen-bond donors (Lipinski definition) is 0. The Bertz CT molecular complexity index is 663. The largest absolute Gasteiger partial charge is 0.668 e. The van der Waals surface area contributed by atoms with E-state index in [1.807, 2.05) is 23.8 Å². The molecule has 2 rings (SSSR count). The van der Waals surface area contributed by atoms with Crippen LogP contribution in [0, 0.1) is 6.92 Å². The van der Waals surface area contributed by atoms with Gasteiger partial charge in [0.25, 0.3) is 0 Å². The van der Waals surface area contributed by atoms with Crippen molar-refractivity contribution in [2.75, 3.05) is 47.8 Å². The van der Waals surface area contributed by atoms with Crippen LogP contribution in [0.25, 0.3) is 5.69 Å². The summed E-state index contributed by atoms with van der Waals surface area (Å²) in [4.78, 5) is 14.8. The molecule has 0 spiro atoms. The molecule has 0 aliphatic carbocycles. The average molecular weight is 416 g/mol. The van der Waals surface area contributed by atoms with E-state index >= 15 is 0 Å². The molecule has 0 saturated carbocycles. The van der Waals surface area contributed by atoms with E-state index < -0.39 is 0 Å². The van der Waals surface area contributed by atoms with Gasteiger partial charge in [0.05, 0.1) is 38.0 Å². The zero-order valence-corrected chi connectivity index (χ0v) is 20.4. The maximum atomic E-state index is 10.7. The monoisotopic (exact) mass is 416 g/mol. The molecule has 0 aliphatic heterocycles. The summed E-state index contributed by atoms with van der Waals surface area (Å²) in [7, 11) is 4.87. The Balaban J connectivity index is 0.000000541. The van der Waals surface area contributed by atoms with Gasteiger partial charge in [0, 0.05) is 68.8 Å². The number of nitrogens with zero attached hydrogens (tertiary/aromatic N) is 2. The molecule has 0 amide bonds. The van der Waals surface area contributed by atoms with Gasteiger partial charge in [-0.1, -0.05) is 0 Å². The minimum absolute atomic E-state index is 0. The number of aryl methyl sites for hydroxylation is 1. The van der Waals surface area contributed by atoms with Crippen LogP contribution in [0.4, 0.5) is 0 Å². The normalized spacial score (nSPS) is 9.71. The second kappa shape index (κ2) is 17.2. The van der Waals surface area contributed by atoms with Gasteiger partial charge < -0.3 is 26.4 Å². The number of ether oxygens (including phenoxy) is 3. The van der Waals surface area contributed by atoms with Crippen LogP contribution in [-0.4, -0.2) is 109 Å². The molecule has 2 radical (unpaired) electrons. The third kappa shape index (κ3) is 10.7. The summed E-state index contributed by atoms with van der Waals surface area (Å²) in [5.74, 6) is 0.655. The van der Waals surface area contributed by atoms with Crippen LogP contribution in [0.3, 0.4) is 0 Å². The Morgan fingerprint density at radius 1 is 1.07 bits per heavy atom. The van der Waals surface area contributed by atoms with Gasteiger partial charge >= 0.3 is 15.9 Å². The van der Waals surface area contributed by atoms with Gasteiger partial charge in [-0.2, -0.15) is 0 Å². The van der Waals surface area contributed by atoms with Gasteiger partial charge in [-0.3, -0.25) is 4.79 Å². The van der Waals surface area contributed by atoms with Crippen molar-refractivity contribution < 1.29 is 26.6 Å². The Labute approximate surface area is 195 Å². The van der Waals surface area contributed by atoms with Crippen LogP contribution in [0.1, 0.15) is 16.1 Å². The molecule has 0 aliphatic rings. The molecule has 148 valence electrons. The van der Waals surface area contributed by atoms with Gasteiger partial charge in [0.15, 0.2) is 0 Å². The zero-order chi connectivity index (χ0) is 19.9. The maximum absolute atomic E-state index is 10.7. The van der Waals surface area contributed by atoms with Crippen LogP contribution in [0.5, 0.6) is 5.75 Å². The first-order chi connectivity index (χ1) is 13.2. The quantitative estimate of drug-likeness (QED) is 0.312. The van der Waals surface area contributed by atoms with Crippen molar-refractivity contribution in [3.63, 3.8) is 0 Å². The zero-order valence-electron chi connectivity index (χ0n) is 17.2. The minimum atomic E-state index is -0.349. The van der Waals surface area contributed by atoms with Crippen molar-refractivity contribution in [3.05, 3.63) is 42.0 Å². The molecule has 10 heteroatoms. The van der Waals surface area contributed by atoms with Crippen molar-refractivity contribution in [2.24, 2.45) is 0 Å². The van der Waals surface area contributed by atoms with E-state index in [4.69, 9.17) is 21.8 Å². The minimum Gasteiger partial charge on any atom is -0.495 e. The number of aromatic nitrogens is 2. The van der Waals surface area contributed by atoms with E-state index in [-0.39, 0.29) is 45.4 Å². The Kier molecular flexibility index (Phi) is 16.7. The van der Waals surface area contributed by atoms with Gasteiger partial charge in [0.1, 0.15) is 12.0 Å². The van der Waals surface area contributed by atoms with E-state index in [9.17, 15) is 4.79 Å². The smallest absolute Gasteiger partial charge is 0.495 e. The number of rotatable bonds is 11. The number of carbonyl (C=O) groups is 1. The molecule has 1 aromatic carbocycles. The summed E-state index contributed by atoms with van der Waals surface area (Å²) in [6.45, 7) is 4.39. The Morgan fingerprint density at radius 2 is 1.71 bits per heavy atom. The van der Waals surface area contributed by atoms with Crippen LogP contribution in [-0.2, 0) is 17.1 Å². The summed E-state index contributed by atoms with van der Waals surface area (Å²) >= 11 is -0.349. The van der Waals surface area contributed by atoms with E-state index in [1.54, 1.807) is 39.8 Å². The Hall–Kier alpha value is -0.728. The van der Waals surface area contributed by atoms with Crippen LogP contribution in [0.2, 0.25) is 0 Å². The first-order valence-corrected chi connectivity index (χ1v) is 9.27. The molecule has 28 heavy (non-hydrogen) atoms. The van der Waals surface area contributed by atoms with E-state index in [0.717, 1.165) is 17.7 Å². The van der Waals surface area contributed by atoms with Crippen molar-refractivity contribution >= 4 is 51.7 Å².